The smallest absolute Gasteiger partial charge is 0.357 e. The molecule has 0 unspecified atom stereocenters. The number of pyridine rings is 1. The van der Waals surface area contributed by atoms with Gasteiger partial charge in [-0.15, -0.1) is 11.3 Å². The van der Waals surface area contributed by atoms with Crippen molar-refractivity contribution in [2.24, 2.45) is 0 Å². The highest BCUT2D eigenvalue weighted by atomic mass is 32.2. The van der Waals surface area contributed by atoms with Crippen molar-refractivity contribution in [2.45, 2.75) is 32.2 Å². The molecule has 0 N–H and O–H groups in total. The first-order valence-electron chi connectivity index (χ1n) is 12.4. The predicted molar refractivity (Wildman–Crippen MR) is 146 cm³/mol. The summed E-state index contributed by atoms with van der Waals surface area (Å²) >= 11 is 1.40. The highest BCUT2D eigenvalue weighted by Gasteiger charge is 2.28. The molecule has 0 bridgehead atoms. The van der Waals surface area contributed by atoms with Gasteiger partial charge in [0, 0.05) is 55.6 Å². The third kappa shape index (κ3) is 6.01. The Kier molecular flexibility index (Phi) is 8.58. The van der Waals surface area contributed by atoms with Gasteiger partial charge >= 0.3 is 5.97 Å². The van der Waals surface area contributed by atoms with E-state index >= 15 is 0 Å². The minimum atomic E-state index is -3.62. The molecule has 0 aliphatic carbocycles. The molecule has 3 heterocycles. The van der Waals surface area contributed by atoms with Gasteiger partial charge in [-0.1, -0.05) is 19.1 Å². The maximum absolute atomic E-state index is 13.0. The number of anilines is 2. The number of aryl methyl sites for hydroxylation is 1. The number of piperazine rings is 1. The Morgan fingerprint density at radius 2 is 1.84 bits per heavy atom. The molecule has 1 aliphatic rings. The van der Waals surface area contributed by atoms with Crippen molar-refractivity contribution in [3.63, 3.8) is 0 Å². The van der Waals surface area contributed by atoms with E-state index in [2.05, 4.69) is 32.8 Å². The minimum absolute atomic E-state index is 0.0648. The number of nitrogens with zero attached hydrogens (tertiary/aromatic N) is 5. The average Bonchev–Trinajstić information content (AvgIpc) is 3.39. The second-order valence-electron chi connectivity index (χ2n) is 8.98. The molecule has 198 valence electrons. The first-order valence-corrected chi connectivity index (χ1v) is 14.7. The van der Waals surface area contributed by atoms with Gasteiger partial charge in [-0.05, 0) is 56.6 Å². The number of hydrogen-bond acceptors (Lipinski definition) is 9. The lowest BCUT2D eigenvalue weighted by molar-refractivity contribution is 0.0520. The fraction of sp³-hybridized carbons (Fsp3) is 0.423. The van der Waals surface area contributed by atoms with Gasteiger partial charge in [-0.25, -0.2) is 23.2 Å². The van der Waals surface area contributed by atoms with Gasteiger partial charge in [-0.3, -0.25) is 0 Å². The lowest BCUT2D eigenvalue weighted by Crippen LogP contribution is -2.47. The molecule has 0 amide bonds. The maximum atomic E-state index is 13.0. The fourth-order valence-electron chi connectivity index (χ4n) is 4.17. The van der Waals surface area contributed by atoms with Gasteiger partial charge in [0.15, 0.2) is 15.9 Å². The highest BCUT2D eigenvalue weighted by molar-refractivity contribution is 7.89. The number of rotatable bonds is 9. The second-order valence-corrected chi connectivity index (χ2v) is 11.7. The van der Waals surface area contributed by atoms with Crippen molar-refractivity contribution >= 4 is 38.1 Å². The van der Waals surface area contributed by atoms with Crippen molar-refractivity contribution in [2.75, 3.05) is 51.3 Å². The van der Waals surface area contributed by atoms with E-state index < -0.39 is 16.0 Å². The van der Waals surface area contributed by atoms with Crippen LogP contribution in [0.5, 0.6) is 0 Å². The molecule has 1 saturated heterocycles. The molecule has 2 aromatic heterocycles. The number of sulfonamides is 1. The van der Waals surface area contributed by atoms with Crippen LogP contribution in [0.4, 0.5) is 10.8 Å². The molecule has 1 fully saturated rings. The summed E-state index contributed by atoms with van der Waals surface area (Å²) < 4.78 is 32.7. The van der Waals surface area contributed by atoms with Crippen molar-refractivity contribution in [3.8, 4) is 11.1 Å². The summed E-state index contributed by atoms with van der Waals surface area (Å²) in [6.07, 6.45) is 2.50. The van der Waals surface area contributed by atoms with Crippen LogP contribution in [0.2, 0.25) is 0 Å². The number of hydrogen-bond donors (Lipinski definition) is 0. The van der Waals surface area contributed by atoms with E-state index in [0.717, 1.165) is 40.5 Å². The molecule has 0 saturated carbocycles. The molecule has 0 radical (unpaired) electrons. The second kappa shape index (κ2) is 11.7. The molecule has 11 heteroatoms. The van der Waals surface area contributed by atoms with Crippen LogP contribution in [0.25, 0.3) is 11.1 Å². The van der Waals surface area contributed by atoms with E-state index in [1.54, 1.807) is 30.6 Å². The van der Waals surface area contributed by atoms with Gasteiger partial charge in [0.05, 0.1) is 6.61 Å². The zero-order valence-electron chi connectivity index (χ0n) is 21.7. The van der Waals surface area contributed by atoms with Crippen LogP contribution in [0.15, 0.2) is 46.9 Å². The molecule has 4 rings (SSSR count). The minimum Gasteiger partial charge on any atom is -0.461 e. The Bertz CT molecular complexity index is 1330. The molecule has 0 spiro atoms. The molecule has 0 atom stereocenters. The fourth-order valence-corrected chi connectivity index (χ4v) is 6.34. The van der Waals surface area contributed by atoms with Crippen molar-refractivity contribution in [1.29, 1.82) is 0 Å². The van der Waals surface area contributed by atoms with Crippen LogP contribution >= 0.6 is 11.3 Å². The van der Waals surface area contributed by atoms with E-state index in [0.29, 0.717) is 38.5 Å². The molecule has 37 heavy (non-hydrogen) atoms. The third-order valence-electron chi connectivity index (χ3n) is 6.29. The normalized spacial score (nSPS) is 15.0. The van der Waals surface area contributed by atoms with Gasteiger partial charge in [0.2, 0.25) is 0 Å². The lowest BCUT2D eigenvalue weighted by Gasteiger charge is -2.31. The zero-order valence-corrected chi connectivity index (χ0v) is 23.3. The van der Waals surface area contributed by atoms with E-state index in [1.807, 2.05) is 26.1 Å². The topological polar surface area (TPSA) is 95.9 Å². The van der Waals surface area contributed by atoms with Crippen LogP contribution in [0, 0.1) is 6.92 Å². The van der Waals surface area contributed by atoms with Gasteiger partial charge in [0.1, 0.15) is 0 Å². The largest absolute Gasteiger partial charge is 0.461 e. The molecule has 3 aromatic rings. The van der Waals surface area contributed by atoms with Crippen molar-refractivity contribution in [1.82, 2.24) is 19.2 Å². The summed E-state index contributed by atoms with van der Waals surface area (Å²) in [5.41, 5.74) is 4.07. The van der Waals surface area contributed by atoms with E-state index in [9.17, 15) is 13.2 Å². The third-order valence-corrected chi connectivity index (χ3v) is 8.97. The molecular formula is C26H33N5O4S2. The van der Waals surface area contributed by atoms with Crippen LogP contribution < -0.4 is 4.90 Å². The van der Waals surface area contributed by atoms with Crippen LogP contribution in [-0.2, 0) is 14.8 Å². The van der Waals surface area contributed by atoms with Gasteiger partial charge in [-0.2, -0.15) is 4.31 Å². The Balaban J connectivity index is 1.61. The SMILES string of the molecule is CCCN(c1nc(C(=O)OCC)cs1)c1cc(-c2ccc(S(=O)(=O)N3CCN(C)CC3)nc2)ccc1C. The van der Waals surface area contributed by atoms with Gasteiger partial charge < -0.3 is 14.5 Å². The van der Waals surface area contributed by atoms with E-state index in [-0.39, 0.29) is 5.03 Å². The monoisotopic (exact) mass is 543 g/mol. The zero-order chi connectivity index (χ0) is 26.6. The summed E-state index contributed by atoms with van der Waals surface area (Å²) in [5.74, 6) is -0.426. The van der Waals surface area contributed by atoms with Crippen LogP contribution in [-0.4, -0.2) is 79.9 Å². The Hall–Kier alpha value is -2.86. The Morgan fingerprint density at radius 1 is 1.11 bits per heavy atom. The first-order chi connectivity index (χ1) is 17.7. The standard InChI is InChI=1S/C26H33N5O4S2/c1-5-11-31(26-28-22(18-36-26)25(32)35-6-2)23-16-20(8-7-19(23)3)21-9-10-24(27-17-21)37(33,34)30-14-12-29(4)13-15-30/h7-10,16-18H,5-6,11-15H2,1-4H3. The number of esters is 1. The summed E-state index contributed by atoms with van der Waals surface area (Å²) in [6, 6.07) is 9.47. The predicted octanol–water partition coefficient (Wildman–Crippen LogP) is 4.17. The number of benzene rings is 1. The number of ether oxygens (including phenoxy) is 1. The van der Waals surface area contributed by atoms with E-state index in [4.69, 9.17) is 4.74 Å². The summed E-state index contributed by atoms with van der Waals surface area (Å²) in [6.45, 7) is 9.26. The number of likely N-dealkylation sites (N-methyl/N-ethyl adjacent to an activating group) is 1. The maximum Gasteiger partial charge on any atom is 0.357 e. The first kappa shape index (κ1) is 27.2. The van der Waals surface area contributed by atoms with Crippen LogP contribution in [0.1, 0.15) is 36.3 Å². The Labute approximate surface area is 222 Å². The quantitative estimate of drug-likeness (QED) is 0.371. The summed E-state index contributed by atoms with van der Waals surface area (Å²) in [7, 11) is -1.63. The van der Waals surface area contributed by atoms with Crippen molar-refractivity contribution in [3.05, 3.63) is 53.2 Å². The lowest BCUT2D eigenvalue weighted by atomic mass is 10.0. The number of thiazole rings is 1. The van der Waals surface area contributed by atoms with Crippen LogP contribution in [0.3, 0.4) is 0 Å². The molecular weight excluding hydrogens is 510 g/mol. The number of aromatic nitrogens is 2. The molecule has 1 aromatic carbocycles. The highest BCUT2D eigenvalue weighted by Crippen LogP contribution is 2.34. The number of carbonyl (C=O) groups excluding carboxylic acids is 1. The number of carbonyl (C=O) groups is 1. The molecule has 9 nitrogen and oxygen atoms in total. The van der Waals surface area contributed by atoms with Crippen molar-refractivity contribution < 1.29 is 17.9 Å². The Morgan fingerprint density at radius 3 is 2.49 bits per heavy atom. The average molecular weight is 544 g/mol. The summed E-state index contributed by atoms with van der Waals surface area (Å²) in [4.78, 5) is 25.2. The van der Waals surface area contributed by atoms with Gasteiger partial charge in [0.25, 0.3) is 10.0 Å². The molecule has 1 aliphatic heterocycles. The van der Waals surface area contributed by atoms with E-state index in [1.165, 1.54) is 15.6 Å². The summed E-state index contributed by atoms with van der Waals surface area (Å²) in [5, 5.41) is 2.51.